The number of Topliss-reactive ketones (excluding diaryl/α,β-unsaturated/α-hetero) is 1. The maximum atomic E-state index is 13.1. The van der Waals surface area contributed by atoms with E-state index in [9.17, 15) is 14.7 Å². The van der Waals surface area contributed by atoms with Gasteiger partial charge in [-0.15, -0.1) is 0 Å². The van der Waals surface area contributed by atoms with E-state index in [0.29, 0.717) is 35.6 Å². The number of aliphatic hydroxyl groups is 1. The van der Waals surface area contributed by atoms with E-state index in [2.05, 4.69) is 0 Å². The molecule has 7 heteroatoms. The molecule has 1 unspecified atom stereocenters. The minimum atomic E-state index is -0.724. The minimum Gasteiger partial charge on any atom is -0.507 e. The molecule has 1 fully saturated rings. The molecule has 0 aliphatic carbocycles. The third kappa shape index (κ3) is 4.62. The van der Waals surface area contributed by atoms with Crippen LogP contribution in [0.4, 0.5) is 0 Å². The van der Waals surface area contributed by atoms with Crippen LogP contribution in [0.25, 0.3) is 5.76 Å². The van der Waals surface area contributed by atoms with Crippen molar-refractivity contribution in [2.45, 2.75) is 19.4 Å². The number of aryl methyl sites for hydroxylation is 1. The van der Waals surface area contributed by atoms with E-state index in [4.69, 9.17) is 9.47 Å². The number of ether oxygens (including phenoxy) is 2. The van der Waals surface area contributed by atoms with Crippen LogP contribution in [-0.4, -0.2) is 68.0 Å². The van der Waals surface area contributed by atoms with Crippen LogP contribution < -0.4 is 9.47 Å². The summed E-state index contributed by atoms with van der Waals surface area (Å²) in [6, 6.07) is 11.8. The maximum absolute atomic E-state index is 13.1. The molecule has 1 atom stereocenters. The lowest BCUT2D eigenvalue weighted by Gasteiger charge is -2.26. The van der Waals surface area contributed by atoms with Gasteiger partial charge in [0.25, 0.3) is 11.7 Å². The highest BCUT2D eigenvalue weighted by atomic mass is 16.5. The van der Waals surface area contributed by atoms with E-state index in [0.717, 1.165) is 12.1 Å². The van der Waals surface area contributed by atoms with E-state index in [1.807, 2.05) is 38.1 Å². The van der Waals surface area contributed by atoms with Crippen LogP contribution in [0.2, 0.25) is 0 Å². The lowest BCUT2D eigenvalue weighted by atomic mass is 9.94. The zero-order valence-corrected chi connectivity index (χ0v) is 19.2. The van der Waals surface area contributed by atoms with Gasteiger partial charge in [-0.1, -0.05) is 35.9 Å². The average molecular weight is 439 g/mol. The smallest absolute Gasteiger partial charge is 0.295 e. The number of aliphatic hydroxyl groups excluding tert-OH is 1. The first kappa shape index (κ1) is 23.3. The molecular formula is C25H30N2O5. The molecule has 1 amide bonds. The van der Waals surface area contributed by atoms with Gasteiger partial charge >= 0.3 is 0 Å². The summed E-state index contributed by atoms with van der Waals surface area (Å²) in [7, 11) is 6.98. The molecule has 7 nitrogen and oxygen atoms in total. The summed E-state index contributed by atoms with van der Waals surface area (Å²) in [5.41, 5.74) is 2.27. The van der Waals surface area contributed by atoms with Crippen molar-refractivity contribution in [2.75, 3.05) is 41.4 Å². The second kappa shape index (κ2) is 9.87. The third-order valence-electron chi connectivity index (χ3n) is 5.59. The van der Waals surface area contributed by atoms with Crippen molar-refractivity contribution < 1.29 is 24.2 Å². The number of nitrogens with zero attached hydrogens (tertiary/aromatic N) is 2. The van der Waals surface area contributed by atoms with Gasteiger partial charge < -0.3 is 24.4 Å². The van der Waals surface area contributed by atoms with Crippen molar-refractivity contribution in [3.8, 4) is 11.5 Å². The average Bonchev–Trinajstić information content (AvgIpc) is 3.03. The second-order valence-electron chi connectivity index (χ2n) is 8.13. The fourth-order valence-electron chi connectivity index (χ4n) is 3.90. The van der Waals surface area contributed by atoms with Gasteiger partial charge in [-0.3, -0.25) is 9.59 Å². The molecule has 0 saturated carbocycles. The molecular weight excluding hydrogens is 408 g/mol. The summed E-state index contributed by atoms with van der Waals surface area (Å²) >= 11 is 0. The van der Waals surface area contributed by atoms with Crippen molar-refractivity contribution >= 4 is 17.4 Å². The van der Waals surface area contributed by atoms with Gasteiger partial charge in [0.15, 0.2) is 11.5 Å². The van der Waals surface area contributed by atoms with Gasteiger partial charge in [0, 0.05) is 12.1 Å². The number of ketones is 1. The number of benzene rings is 2. The predicted octanol–water partition coefficient (Wildman–Crippen LogP) is 3.39. The number of hydrogen-bond donors (Lipinski definition) is 1. The lowest BCUT2D eigenvalue weighted by molar-refractivity contribution is -0.139. The molecule has 1 aliphatic rings. The SMILES string of the molecule is COc1ccc(C2C(=C(O)c3ccc(C)cc3)C(=O)C(=O)N2CCCN(C)C)cc1OC. The van der Waals surface area contributed by atoms with Crippen LogP contribution in [0.3, 0.4) is 0 Å². The Labute approximate surface area is 188 Å². The topological polar surface area (TPSA) is 79.3 Å². The van der Waals surface area contributed by atoms with E-state index in [-0.39, 0.29) is 11.3 Å². The molecule has 1 N–H and O–H groups in total. The van der Waals surface area contributed by atoms with E-state index < -0.39 is 17.7 Å². The summed E-state index contributed by atoms with van der Waals surface area (Å²) < 4.78 is 10.8. The molecule has 1 aliphatic heterocycles. The third-order valence-corrected chi connectivity index (χ3v) is 5.59. The van der Waals surface area contributed by atoms with Crippen LogP contribution in [0.1, 0.15) is 29.2 Å². The fraction of sp³-hybridized carbons (Fsp3) is 0.360. The van der Waals surface area contributed by atoms with Gasteiger partial charge in [-0.2, -0.15) is 0 Å². The monoisotopic (exact) mass is 438 g/mol. The summed E-state index contributed by atoms with van der Waals surface area (Å²) in [6.07, 6.45) is 0.689. The summed E-state index contributed by atoms with van der Waals surface area (Å²) in [4.78, 5) is 29.6. The van der Waals surface area contributed by atoms with Crippen molar-refractivity contribution in [1.29, 1.82) is 0 Å². The first-order valence-electron chi connectivity index (χ1n) is 10.5. The molecule has 1 heterocycles. The van der Waals surface area contributed by atoms with E-state index in [1.54, 1.807) is 37.4 Å². The highest BCUT2D eigenvalue weighted by molar-refractivity contribution is 6.46. The highest BCUT2D eigenvalue weighted by Gasteiger charge is 2.46. The number of amides is 1. The highest BCUT2D eigenvalue weighted by Crippen LogP contribution is 2.42. The van der Waals surface area contributed by atoms with Gasteiger partial charge in [0.05, 0.1) is 25.8 Å². The van der Waals surface area contributed by atoms with Gasteiger partial charge in [0.2, 0.25) is 0 Å². The zero-order valence-electron chi connectivity index (χ0n) is 19.2. The largest absolute Gasteiger partial charge is 0.507 e. The molecule has 0 aromatic heterocycles. The van der Waals surface area contributed by atoms with Crippen LogP contribution in [0.5, 0.6) is 11.5 Å². The number of hydrogen-bond acceptors (Lipinski definition) is 6. The summed E-state index contributed by atoms with van der Waals surface area (Å²) in [5, 5.41) is 11.1. The van der Waals surface area contributed by atoms with Crippen LogP contribution in [-0.2, 0) is 9.59 Å². The first-order valence-corrected chi connectivity index (χ1v) is 10.5. The summed E-state index contributed by atoms with van der Waals surface area (Å²) in [5.74, 6) is -0.457. The number of likely N-dealkylation sites (tertiary alicyclic amines) is 1. The quantitative estimate of drug-likeness (QED) is 0.387. The standard InChI is InChI=1S/C25H30N2O5/c1-16-7-9-17(10-8-16)23(28)21-22(18-11-12-19(31-4)20(15-18)32-5)27(25(30)24(21)29)14-6-13-26(2)3/h7-12,15,22,28H,6,13-14H2,1-5H3. The Bertz CT molecular complexity index is 1030. The molecule has 1 saturated heterocycles. The Morgan fingerprint density at radius 3 is 2.28 bits per heavy atom. The Morgan fingerprint density at radius 1 is 1.03 bits per heavy atom. The molecule has 170 valence electrons. The molecule has 0 radical (unpaired) electrons. The molecule has 0 spiro atoms. The Kier molecular flexibility index (Phi) is 7.20. The van der Waals surface area contributed by atoms with Crippen LogP contribution in [0.15, 0.2) is 48.0 Å². The number of methoxy groups -OCH3 is 2. The second-order valence-corrected chi connectivity index (χ2v) is 8.13. The van der Waals surface area contributed by atoms with Crippen LogP contribution >= 0.6 is 0 Å². The van der Waals surface area contributed by atoms with Gasteiger partial charge in [-0.25, -0.2) is 0 Å². The molecule has 0 bridgehead atoms. The van der Waals surface area contributed by atoms with Gasteiger partial charge in [0.1, 0.15) is 5.76 Å². The number of rotatable bonds is 8. The predicted molar refractivity (Wildman–Crippen MR) is 123 cm³/mol. The molecule has 3 rings (SSSR count). The molecule has 2 aromatic rings. The first-order chi connectivity index (χ1) is 15.3. The van der Waals surface area contributed by atoms with Crippen molar-refractivity contribution in [2.24, 2.45) is 0 Å². The van der Waals surface area contributed by atoms with Crippen molar-refractivity contribution in [3.63, 3.8) is 0 Å². The summed E-state index contributed by atoms with van der Waals surface area (Å²) in [6.45, 7) is 3.09. The Hall–Kier alpha value is -3.32. The maximum Gasteiger partial charge on any atom is 0.295 e. The minimum absolute atomic E-state index is 0.0796. The Morgan fingerprint density at radius 2 is 1.69 bits per heavy atom. The molecule has 2 aromatic carbocycles. The normalized spacial score (nSPS) is 17.8. The van der Waals surface area contributed by atoms with E-state index >= 15 is 0 Å². The fourth-order valence-corrected chi connectivity index (χ4v) is 3.90. The lowest BCUT2D eigenvalue weighted by Crippen LogP contribution is -2.32. The Balaban J connectivity index is 2.13. The van der Waals surface area contributed by atoms with Gasteiger partial charge in [-0.05, 0) is 51.7 Å². The number of carbonyl (C=O) groups excluding carboxylic acids is 2. The van der Waals surface area contributed by atoms with E-state index in [1.165, 1.54) is 12.0 Å². The van der Waals surface area contributed by atoms with Crippen LogP contribution in [0, 0.1) is 6.92 Å². The molecule has 32 heavy (non-hydrogen) atoms. The zero-order chi connectivity index (χ0) is 23.4. The van der Waals surface area contributed by atoms with Crippen molar-refractivity contribution in [1.82, 2.24) is 9.80 Å². The van der Waals surface area contributed by atoms with Crippen molar-refractivity contribution in [3.05, 3.63) is 64.7 Å². The number of carbonyl (C=O) groups is 2.